The number of H-pyrrole nitrogens is 1. The number of hydrogen-bond donors (Lipinski definition) is 2. The van der Waals surface area contributed by atoms with E-state index in [2.05, 4.69) is 28.7 Å². The predicted octanol–water partition coefficient (Wildman–Crippen LogP) is 2.83. The minimum atomic E-state index is -0.351. The lowest BCUT2D eigenvalue weighted by atomic mass is 10.2. The first kappa shape index (κ1) is 18.1. The number of aryl methyl sites for hydroxylation is 2. The molecule has 2 N–H and O–H groups in total. The van der Waals surface area contributed by atoms with Crippen molar-refractivity contribution < 1.29 is 5.11 Å². The van der Waals surface area contributed by atoms with Crippen LogP contribution in [0.3, 0.4) is 0 Å². The van der Waals surface area contributed by atoms with Crippen LogP contribution in [-0.2, 0) is 6.54 Å². The summed E-state index contributed by atoms with van der Waals surface area (Å²) in [7, 11) is 0. The quantitative estimate of drug-likeness (QED) is 0.815. The van der Waals surface area contributed by atoms with Gasteiger partial charge >= 0.3 is 0 Å². The van der Waals surface area contributed by atoms with Gasteiger partial charge in [0.25, 0.3) is 5.56 Å². The zero-order chi connectivity index (χ0) is 17.1. The highest BCUT2D eigenvalue weighted by Crippen LogP contribution is 2.25. The number of aromatic nitrogens is 2. The van der Waals surface area contributed by atoms with Gasteiger partial charge in [0.15, 0.2) is 0 Å². The molecule has 0 aliphatic carbocycles. The van der Waals surface area contributed by atoms with E-state index in [0.717, 1.165) is 28.2 Å². The molecule has 0 saturated heterocycles. The fraction of sp³-hybridized carbons (Fsp3) is 0.647. The molecule has 2 heterocycles. The summed E-state index contributed by atoms with van der Waals surface area (Å²) in [6.07, 6.45) is 0.372. The number of thiophene rings is 1. The van der Waals surface area contributed by atoms with E-state index in [4.69, 9.17) is 0 Å². The Hall–Kier alpha value is -1.24. The summed E-state index contributed by atoms with van der Waals surface area (Å²) in [5.74, 6) is 1.16. The summed E-state index contributed by atoms with van der Waals surface area (Å²) in [5, 5.41) is 10.7. The second-order valence-corrected chi connectivity index (χ2v) is 7.83. The summed E-state index contributed by atoms with van der Waals surface area (Å²) >= 11 is 1.57. The highest BCUT2D eigenvalue weighted by molar-refractivity contribution is 7.18. The second kappa shape index (κ2) is 7.55. The average Bonchev–Trinajstić information content (AvgIpc) is 2.73. The van der Waals surface area contributed by atoms with Gasteiger partial charge in [-0.05, 0) is 31.7 Å². The van der Waals surface area contributed by atoms with Gasteiger partial charge in [0.1, 0.15) is 10.7 Å². The number of aliphatic hydroxyl groups is 1. The first-order valence-electron chi connectivity index (χ1n) is 8.21. The van der Waals surface area contributed by atoms with Gasteiger partial charge in [0.05, 0.1) is 18.0 Å². The molecular formula is C17H27N3O2S. The normalized spacial score (nSPS) is 13.4. The van der Waals surface area contributed by atoms with Gasteiger partial charge in [-0.25, -0.2) is 4.98 Å². The molecule has 0 saturated carbocycles. The van der Waals surface area contributed by atoms with Crippen LogP contribution in [-0.4, -0.2) is 39.2 Å². The van der Waals surface area contributed by atoms with Crippen molar-refractivity contribution in [2.24, 2.45) is 5.92 Å². The first-order chi connectivity index (χ1) is 10.8. The van der Waals surface area contributed by atoms with Crippen molar-refractivity contribution >= 4 is 21.6 Å². The fourth-order valence-corrected chi connectivity index (χ4v) is 3.78. The van der Waals surface area contributed by atoms with E-state index >= 15 is 0 Å². The van der Waals surface area contributed by atoms with Gasteiger partial charge in [-0.3, -0.25) is 9.69 Å². The van der Waals surface area contributed by atoms with Crippen LogP contribution >= 0.6 is 11.3 Å². The van der Waals surface area contributed by atoms with Crippen LogP contribution in [0.15, 0.2) is 4.79 Å². The Morgan fingerprint density at radius 1 is 1.30 bits per heavy atom. The summed E-state index contributed by atoms with van der Waals surface area (Å²) < 4.78 is 0. The number of aliphatic hydroxyl groups excluding tert-OH is 1. The minimum absolute atomic E-state index is 0.0626. The van der Waals surface area contributed by atoms with E-state index in [1.165, 1.54) is 0 Å². The van der Waals surface area contributed by atoms with Gasteiger partial charge in [-0.15, -0.1) is 11.3 Å². The number of fused-ring (bicyclic) bond motifs is 1. The molecule has 23 heavy (non-hydrogen) atoms. The fourth-order valence-electron chi connectivity index (χ4n) is 2.73. The van der Waals surface area contributed by atoms with E-state index in [-0.39, 0.29) is 11.7 Å². The minimum Gasteiger partial charge on any atom is -0.392 e. The standard InChI is InChI=1S/C17H27N3O2S/c1-6-13(21)8-20(7-10(2)3)9-14-18-16(22)15-11(4)12(5)23-17(15)19-14/h10,13,21H,6-9H2,1-5H3,(H,18,19,22). The van der Waals surface area contributed by atoms with Crippen LogP contribution in [0.5, 0.6) is 0 Å². The summed E-state index contributed by atoms with van der Waals surface area (Å²) in [5.41, 5.74) is 0.957. The van der Waals surface area contributed by atoms with E-state index < -0.39 is 0 Å². The van der Waals surface area contributed by atoms with Crippen LogP contribution in [0.1, 0.15) is 43.5 Å². The lowest BCUT2D eigenvalue weighted by Crippen LogP contribution is -2.35. The Morgan fingerprint density at radius 3 is 2.61 bits per heavy atom. The van der Waals surface area contributed by atoms with E-state index in [9.17, 15) is 9.90 Å². The van der Waals surface area contributed by atoms with Crippen LogP contribution in [0, 0.1) is 19.8 Å². The third kappa shape index (κ3) is 4.40. The average molecular weight is 337 g/mol. The molecule has 0 fully saturated rings. The molecule has 6 heteroatoms. The van der Waals surface area contributed by atoms with E-state index in [0.29, 0.717) is 30.2 Å². The number of nitrogens with zero attached hydrogens (tertiary/aromatic N) is 2. The molecule has 2 rings (SSSR count). The Bertz CT molecular complexity index is 720. The van der Waals surface area contributed by atoms with Gasteiger partial charge in [-0.1, -0.05) is 20.8 Å². The SMILES string of the molecule is CCC(O)CN(Cc1nc2sc(C)c(C)c2c(=O)[nH]1)CC(C)C. The van der Waals surface area contributed by atoms with Crippen molar-refractivity contribution in [3.8, 4) is 0 Å². The van der Waals surface area contributed by atoms with Gasteiger partial charge < -0.3 is 10.1 Å². The van der Waals surface area contributed by atoms with Gasteiger partial charge in [0.2, 0.25) is 0 Å². The third-order valence-corrected chi connectivity index (χ3v) is 5.13. The van der Waals surface area contributed by atoms with Crippen molar-refractivity contribution in [2.75, 3.05) is 13.1 Å². The van der Waals surface area contributed by atoms with Crippen molar-refractivity contribution in [3.63, 3.8) is 0 Å². The van der Waals surface area contributed by atoms with Crippen molar-refractivity contribution in [1.29, 1.82) is 0 Å². The van der Waals surface area contributed by atoms with Crippen LogP contribution in [0.25, 0.3) is 10.2 Å². The highest BCUT2D eigenvalue weighted by Gasteiger charge is 2.16. The molecule has 2 aromatic rings. The monoisotopic (exact) mass is 337 g/mol. The third-order valence-electron chi connectivity index (χ3n) is 4.03. The predicted molar refractivity (Wildman–Crippen MR) is 96.1 cm³/mol. The van der Waals surface area contributed by atoms with Crippen LogP contribution in [0.4, 0.5) is 0 Å². The maximum atomic E-state index is 12.4. The molecule has 1 atom stereocenters. The van der Waals surface area contributed by atoms with Crippen molar-refractivity contribution in [1.82, 2.24) is 14.9 Å². The number of aromatic amines is 1. The lowest BCUT2D eigenvalue weighted by molar-refractivity contribution is 0.0971. The van der Waals surface area contributed by atoms with Crippen molar-refractivity contribution in [3.05, 3.63) is 26.6 Å². The highest BCUT2D eigenvalue weighted by atomic mass is 32.1. The summed E-state index contributed by atoms with van der Waals surface area (Å²) in [6, 6.07) is 0. The first-order valence-corrected chi connectivity index (χ1v) is 9.02. The molecule has 0 aliphatic rings. The maximum Gasteiger partial charge on any atom is 0.259 e. The van der Waals surface area contributed by atoms with Crippen molar-refractivity contribution in [2.45, 2.75) is 53.7 Å². The lowest BCUT2D eigenvalue weighted by Gasteiger charge is -2.25. The number of hydrogen-bond acceptors (Lipinski definition) is 5. The second-order valence-electron chi connectivity index (χ2n) is 6.63. The van der Waals surface area contributed by atoms with E-state index in [1.54, 1.807) is 11.3 Å². The number of rotatable bonds is 7. The zero-order valence-corrected chi connectivity index (χ0v) is 15.5. The zero-order valence-electron chi connectivity index (χ0n) is 14.6. The molecule has 2 aromatic heterocycles. The van der Waals surface area contributed by atoms with Crippen LogP contribution in [0.2, 0.25) is 0 Å². The Morgan fingerprint density at radius 2 is 2.00 bits per heavy atom. The molecule has 0 aromatic carbocycles. The Balaban J connectivity index is 2.28. The smallest absolute Gasteiger partial charge is 0.259 e. The molecule has 0 spiro atoms. The Labute approximate surface area is 141 Å². The van der Waals surface area contributed by atoms with Gasteiger partial charge in [-0.2, -0.15) is 0 Å². The van der Waals surface area contributed by atoms with Gasteiger partial charge in [0, 0.05) is 18.0 Å². The molecule has 0 bridgehead atoms. The Kier molecular flexibility index (Phi) is 5.95. The molecule has 0 radical (unpaired) electrons. The maximum absolute atomic E-state index is 12.4. The largest absolute Gasteiger partial charge is 0.392 e. The molecular weight excluding hydrogens is 310 g/mol. The molecule has 5 nitrogen and oxygen atoms in total. The van der Waals surface area contributed by atoms with E-state index in [1.807, 2.05) is 20.8 Å². The topological polar surface area (TPSA) is 69.2 Å². The molecule has 128 valence electrons. The number of nitrogens with one attached hydrogen (secondary N) is 1. The molecule has 0 aliphatic heterocycles. The summed E-state index contributed by atoms with van der Waals surface area (Å²) in [4.78, 5) is 24.0. The summed E-state index contributed by atoms with van der Waals surface area (Å²) in [6.45, 7) is 12.3. The molecule has 0 amide bonds. The van der Waals surface area contributed by atoms with Crippen LogP contribution < -0.4 is 5.56 Å². The molecule has 1 unspecified atom stereocenters.